The molecule has 0 spiro atoms. The van der Waals surface area contributed by atoms with Gasteiger partial charge < -0.3 is 29.8 Å². The molecule has 1 atom stereocenters. The lowest BCUT2D eigenvalue weighted by atomic mass is 9.89. The molecule has 3 aromatic carbocycles. The first-order valence-corrected chi connectivity index (χ1v) is 27.5. The monoisotopic (exact) mass is 1010 g/mol. The van der Waals surface area contributed by atoms with Crippen molar-refractivity contribution in [3.05, 3.63) is 111 Å². The number of carbonyl (C=O) groups is 5. The zero-order chi connectivity index (χ0) is 51.1. The average Bonchev–Trinajstić information content (AvgIpc) is 4.29. The smallest absolute Gasteiger partial charge is 0.272 e. The summed E-state index contributed by atoms with van der Waals surface area (Å²) in [5, 5.41) is 11.4. The second kappa shape index (κ2) is 23.7. The molecule has 2 aliphatic carbocycles. The van der Waals surface area contributed by atoms with Crippen LogP contribution >= 0.6 is 0 Å². The molecule has 0 radical (unpaired) electrons. The van der Waals surface area contributed by atoms with Gasteiger partial charge in [0.25, 0.3) is 17.4 Å². The van der Waals surface area contributed by atoms with E-state index >= 15 is 4.39 Å². The molecule has 17 heteroatoms. The fraction of sp³-hybridized carbons (Fsp3) is 0.561. The minimum atomic E-state index is -0.604. The fourth-order valence-electron chi connectivity index (χ4n) is 12.0. The molecule has 4 aliphatic heterocycles. The van der Waals surface area contributed by atoms with Gasteiger partial charge in [-0.25, -0.2) is 9.49 Å². The van der Waals surface area contributed by atoms with E-state index < -0.39 is 11.7 Å². The fourth-order valence-corrected chi connectivity index (χ4v) is 12.0. The molecule has 10 rings (SSSR count). The lowest BCUT2D eigenvalue weighted by Gasteiger charge is -2.40. The number of H-pyrrole nitrogens is 1. The number of halogens is 1. The van der Waals surface area contributed by atoms with Crippen LogP contribution in [0.3, 0.4) is 0 Å². The zero-order valence-electron chi connectivity index (χ0n) is 42.9. The van der Waals surface area contributed by atoms with Crippen molar-refractivity contribution in [2.75, 3.05) is 105 Å². The summed E-state index contributed by atoms with van der Waals surface area (Å²) in [4.78, 5) is 94.8. The van der Waals surface area contributed by atoms with Crippen molar-refractivity contribution in [1.29, 1.82) is 0 Å². The van der Waals surface area contributed by atoms with Crippen LogP contribution in [0.15, 0.2) is 71.5 Å². The molecule has 16 nitrogen and oxygen atoms in total. The van der Waals surface area contributed by atoms with E-state index in [0.717, 1.165) is 115 Å². The summed E-state index contributed by atoms with van der Waals surface area (Å²) in [5.41, 5.74) is 2.73. The number of benzene rings is 3. The Balaban J connectivity index is 0.651. The molecular weight excluding hydrogens is 940 g/mol. The maximum atomic E-state index is 15.1. The Labute approximate surface area is 433 Å². The van der Waals surface area contributed by atoms with Crippen molar-refractivity contribution in [3.63, 3.8) is 0 Å². The minimum absolute atomic E-state index is 0.0123. The molecule has 1 aromatic heterocycles. The molecule has 1 unspecified atom stereocenters. The van der Waals surface area contributed by atoms with Gasteiger partial charge in [-0.1, -0.05) is 55.7 Å². The number of fused-ring (bicyclic) bond motifs is 1. The van der Waals surface area contributed by atoms with Crippen LogP contribution < -0.4 is 10.9 Å². The number of nitrogens with zero attached hydrogens (tertiary/aromatic N) is 8. The van der Waals surface area contributed by atoms with Crippen LogP contribution in [0.1, 0.15) is 114 Å². The number of piperazine rings is 2. The Kier molecular flexibility index (Phi) is 16.5. The summed E-state index contributed by atoms with van der Waals surface area (Å²) in [6.07, 6.45) is 11.6. The normalized spacial score (nSPS) is 20.7. The predicted octanol–water partition coefficient (Wildman–Crippen LogP) is 4.73. The molecule has 0 bridgehead atoms. The summed E-state index contributed by atoms with van der Waals surface area (Å²) < 4.78 is 15.1. The number of nitrogens with one attached hydrogen (secondary N) is 2. The molecule has 394 valence electrons. The van der Waals surface area contributed by atoms with E-state index in [9.17, 15) is 28.8 Å². The first-order chi connectivity index (χ1) is 36.0. The topological polar surface area (TPSA) is 166 Å². The number of aromatic nitrogens is 2. The molecule has 74 heavy (non-hydrogen) atoms. The lowest BCUT2D eigenvalue weighted by Crippen LogP contribution is -2.54. The summed E-state index contributed by atoms with van der Waals surface area (Å²) in [6, 6.07) is 20.2. The largest absolute Gasteiger partial charge is 0.341 e. The predicted molar refractivity (Wildman–Crippen MR) is 280 cm³/mol. The number of amides is 5. The molecule has 4 aromatic rings. The Morgan fingerprint density at radius 1 is 0.662 bits per heavy atom. The highest BCUT2D eigenvalue weighted by Crippen LogP contribution is 2.30. The molecule has 6 fully saturated rings. The Morgan fingerprint density at radius 3 is 2.14 bits per heavy atom. The zero-order valence-corrected chi connectivity index (χ0v) is 42.9. The number of hydrogen-bond donors (Lipinski definition) is 2. The van der Waals surface area contributed by atoms with E-state index in [-0.39, 0.29) is 53.3 Å². The van der Waals surface area contributed by atoms with Crippen molar-refractivity contribution in [2.24, 2.45) is 5.92 Å². The molecule has 2 N–H and O–H groups in total. The summed E-state index contributed by atoms with van der Waals surface area (Å²) in [7, 11) is 0. The summed E-state index contributed by atoms with van der Waals surface area (Å²) >= 11 is 0. The highest BCUT2D eigenvalue weighted by Gasteiger charge is 2.34. The van der Waals surface area contributed by atoms with Crippen molar-refractivity contribution >= 4 is 40.3 Å². The van der Waals surface area contributed by atoms with Crippen LogP contribution in [0.4, 0.5) is 4.39 Å². The van der Waals surface area contributed by atoms with Crippen LogP contribution in [0, 0.1) is 11.7 Å². The number of likely N-dealkylation sites (tertiary alicyclic amines) is 2. The minimum Gasteiger partial charge on any atom is -0.341 e. The molecular formula is C57H73FN10O6. The third kappa shape index (κ3) is 12.5. The second-order valence-electron chi connectivity index (χ2n) is 21.8. The molecule has 5 amide bonds. The van der Waals surface area contributed by atoms with E-state index in [1.54, 1.807) is 29.2 Å². The maximum absolute atomic E-state index is 15.1. The highest BCUT2D eigenvalue weighted by molar-refractivity contribution is 5.97. The van der Waals surface area contributed by atoms with Crippen molar-refractivity contribution < 1.29 is 28.4 Å². The van der Waals surface area contributed by atoms with E-state index in [2.05, 4.69) is 31.4 Å². The van der Waals surface area contributed by atoms with Gasteiger partial charge in [-0.05, 0) is 112 Å². The number of carbonyl (C=O) groups excluding carboxylic acids is 5. The van der Waals surface area contributed by atoms with E-state index in [1.165, 1.54) is 6.07 Å². The van der Waals surface area contributed by atoms with Crippen LogP contribution in [-0.2, 0) is 20.8 Å². The van der Waals surface area contributed by atoms with Crippen LogP contribution in [0.5, 0.6) is 0 Å². The second-order valence-corrected chi connectivity index (χ2v) is 21.8. The third-order valence-electron chi connectivity index (χ3n) is 16.7. The molecule has 2 saturated carbocycles. The Bertz CT molecular complexity index is 2720. The van der Waals surface area contributed by atoms with E-state index in [1.807, 2.05) is 49.9 Å². The van der Waals surface area contributed by atoms with Gasteiger partial charge >= 0.3 is 0 Å². The Morgan fingerprint density at radius 2 is 1.38 bits per heavy atom. The summed E-state index contributed by atoms with van der Waals surface area (Å²) in [6.45, 7) is 9.12. The Hall–Kier alpha value is -6.04. The van der Waals surface area contributed by atoms with Gasteiger partial charge in [0.05, 0.1) is 29.7 Å². The van der Waals surface area contributed by atoms with Crippen LogP contribution in [0.2, 0.25) is 0 Å². The van der Waals surface area contributed by atoms with Crippen molar-refractivity contribution in [1.82, 2.24) is 49.8 Å². The summed E-state index contributed by atoms with van der Waals surface area (Å²) in [5.74, 6) is -0.205. The molecule has 6 aliphatic rings. The SMILES string of the molecule is O=C(CN1CCC(CN2CCN(C(=O)CN(C(=O)c3cccc(C4CCCN(C(=O)CNC5CC5)C4)c3)C3CCCCC3)CC2)CC1)N1CCN(C(=O)c2cc(Cc3n[nH]c(=O)c4ccccc34)ccc2F)CC1. The number of aromatic amines is 1. The van der Waals surface area contributed by atoms with Gasteiger partial charge in [0.15, 0.2) is 0 Å². The molecule has 4 saturated heterocycles. The van der Waals surface area contributed by atoms with E-state index in [4.69, 9.17) is 0 Å². The number of hydrogen-bond acceptors (Lipinski definition) is 10. The van der Waals surface area contributed by atoms with Crippen LogP contribution in [0.25, 0.3) is 10.8 Å². The third-order valence-corrected chi connectivity index (χ3v) is 16.7. The van der Waals surface area contributed by atoms with Gasteiger partial charge in [0, 0.05) is 107 Å². The number of piperidine rings is 2. The first-order valence-electron chi connectivity index (χ1n) is 27.5. The number of rotatable bonds is 15. The van der Waals surface area contributed by atoms with Gasteiger partial charge in [0.1, 0.15) is 12.4 Å². The quantitative estimate of drug-likeness (QED) is 0.170. The highest BCUT2D eigenvalue weighted by atomic mass is 19.1. The van der Waals surface area contributed by atoms with Crippen molar-refractivity contribution in [3.8, 4) is 0 Å². The lowest BCUT2D eigenvalue weighted by molar-refractivity contribution is -0.135. The van der Waals surface area contributed by atoms with Gasteiger partial charge in [-0.3, -0.25) is 38.6 Å². The molecule has 5 heterocycles. The van der Waals surface area contributed by atoms with Gasteiger partial charge in [0.2, 0.25) is 17.7 Å². The van der Waals surface area contributed by atoms with E-state index in [0.29, 0.717) is 105 Å². The average molecular weight is 1010 g/mol. The van der Waals surface area contributed by atoms with Crippen LogP contribution in [-0.4, -0.2) is 191 Å². The standard InChI is InChI=1S/C57H73FN10O6/c58-50-18-15-41(33-51-47-13-4-5-14-48(47)55(72)61-60-51)32-49(50)57(74)66-30-28-65(29-31-66)53(70)38-62-22-19-40(20-23-62)36-63-24-26-64(27-25-63)54(71)39-68(46-11-2-1-3-12-46)56(73)43-9-6-8-42(34-43)44-10-7-21-67(37-44)52(69)35-59-45-16-17-45/h4-6,8-9,13-15,18,32,34,40,44-46,59H,1-3,7,10-12,16-17,19-31,33,35-39H2,(H,61,72). The maximum Gasteiger partial charge on any atom is 0.272 e. The van der Waals surface area contributed by atoms with Crippen molar-refractivity contribution in [2.45, 2.75) is 95.1 Å². The van der Waals surface area contributed by atoms with Gasteiger partial charge in [-0.2, -0.15) is 5.10 Å². The first kappa shape index (κ1) is 51.4. The van der Waals surface area contributed by atoms with Gasteiger partial charge in [-0.15, -0.1) is 0 Å².